The van der Waals surface area contributed by atoms with Gasteiger partial charge in [-0.3, -0.25) is 4.79 Å². The highest BCUT2D eigenvalue weighted by Gasteiger charge is 2.08. The molecule has 6 nitrogen and oxygen atoms in total. The first-order chi connectivity index (χ1) is 9.17. The summed E-state index contributed by atoms with van der Waals surface area (Å²) in [4.78, 5) is 18.7. The number of benzene rings is 1. The average molecular weight is 255 g/mol. The van der Waals surface area contributed by atoms with Crippen LogP contribution in [0.1, 0.15) is 12.7 Å². The van der Waals surface area contributed by atoms with Crippen molar-refractivity contribution in [2.75, 3.05) is 5.73 Å². The van der Waals surface area contributed by atoms with E-state index in [0.29, 0.717) is 23.8 Å². The molecular weight excluding hydrogens is 242 g/mol. The third kappa shape index (κ3) is 1.97. The molecule has 2 aromatic heterocycles. The highest BCUT2D eigenvalue weighted by atomic mass is 16.1. The lowest BCUT2D eigenvalue weighted by Crippen LogP contribution is -2.14. The summed E-state index contributed by atoms with van der Waals surface area (Å²) in [6.45, 7) is 1.93. The second-order valence-corrected chi connectivity index (χ2v) is 4.28. The molecule has 0 saturated heterocycles. The van der Waals surface area contributed by atoms with E-state index in [0.717, 1.165) is 10.9 Å². The molecule has 0 saturated carbocycles. The lowest BCUT2D eigenvalue weighted by Gasteiger charge is -2.04. The third-order valence-corrected chi connectivity index (χ3v) is 2.92. The Bertz CT molecular complexity index is 802. The molecule has 0 bridgehead atoms. The van der Waals surface area contributed by atoms with Gasteiger partial charge in [0.1, 0.15) is 5.82 Å². The smallest absolute Gasteiger partial charge is 0.253 e. The second kappa shape index (κ2) is 4.24. The van der Waals surface area contributed by atoms with Crippen LogP contribution >= 0.6 is 0 Å². The van der Waals surface area contributed by atoms with E-state index in [2.05, 4.69) is 15.1 Å². The van der Waals surface area contributed by atoms with E-state index in [-0.39, 0.29) is 5.56 Å². The van der Waals surface area contributed by atoms with Crippen molar-refractivity contribution in [2.45, 2.75) is 13.3 Å². The number of hydrogen-bond donors (Lipinski definition) is 2. The quantitative estimate of drug-likeness (QED) is 0.674. The summed E-state index contributed by atoms with van der Waals surface area (Å²) >= 11 is 0. The zero-order valence-electron chi connectivity index (χ0n) is 10.4. The second-order valence-electron chi connectivity index (χ2n) is 4.28. The van der Waals surface area contributed by atoms with Gasteiger partial charge in [0.05, 0.1) is 11.7 Å². The minimum absolute atomic E-state index is 0.186. The predicted molar refractivity (Wildman–Crippen MR) is 73.3 cm³/mol. The van der Waals surface area contributed by atoms with Crippen molar-refractivity contribution in [3.05, 3.63) is 46.6 Å². The van der Waals surface area contributed by atoms with Gasteiger partial charge < -0.3 is 10.7 Å². The van der Waals surface area contributed by atoms with Crippen LogP contribution in [0.3, 0.4) is 0 Å². The number of aromatic amines is 1. The number of nitrogens with one attached hydrogen (secondary N) is 1. The number of nitrogens with zero attached hydrogens (tertiary/aromatic N) is 3. The maximum absolute atomic E-state index is 11.6. The van der Waals surface area contributed by atoms with Gasteiger partial charge in [0.15, 0.2) is 5.82 Å². The van der Waals surface area contributed by atoms with E-state index in [1.54, 1.807) is 10.9 Å². The lowest BCUT2D eigenvalue weighted by molar-refractivity contribution is 0.824. The topological polar surface area (TPSA) is 89.6 Å². The van der Waals surface area contributed by atoms with E-state index in [1.165, 1.54) is 6.07 Å². The van der Waals surface area contributed by atoms with Crippen LogP contribution < -0.4 is 11.3 Å². The van der Waals surface area contributed by atoms with E-state index in [9.17, 15) is 4.79 Å². The molecule has 0 aliphatic heterocycles. The molecule has 0 amide bonds. The molecule has 2 heterocycles. The molecule has 0 unspecified atom stereocenters. The van der Waals surface area contributed by atoms with Crippen LogP contribution in [-0.2, 0) is 6.42 Å². The van der Waals surface area contributed by atoms with Crippen LogP contribution in [-0.4, -0.2) is 19.7 Å². The van der Waals surface area contributed by atoms with E-state index < -0.39 is 0 Å². The molecular formula is C13H13N5O. The summed E-state index contributed by atoms with van der Waals surface area (Å²) < 4.78 is 1.63. The number of H-pyrrole nitrogens is 1. The molecule has 19 heavy (non-hydrogen) atoms. The molecule has 0 radical (unpaired) electrons. The van der Waals surface area contributed by atoms with Crippen molar-refractivity contribution in [1.82, 2.24) is 19.7 Å². The van der Waals surface area contributed by atoms with Crippen molar-refractivity contribution in [2.24, 2.45) is 0 Å². The van der Waals surface area contributed by atoms with Crippen LogP contribution in [0.15, 0.2) is 35.3 Å². The van der Waals surface area contributed by atoms with Crippen LogP contribution in [0, 0.1) is 0 Å². The number of fused-ring (bicyclic) bond motifs is 1. The first-order valence-corrected chi connectivity index (χ1v) is 6.01. The molecule has 1 aromatic carbocycles. The Kier molecular flexibility index (Phi) is 2.56. The molecule has 0 aliphatic rings. The first kappa shape index (κ1) is 11.5. The highest BCUT2D eigenvalue weighted by Crippen LogP contribution is 2.19. The molecule has 0 aliphatic carbocycles. The predicted octanol–water partition coefficient (Wildman–Crippen LogP) is 1.25. The molecule has 3 rings (SSSR count). The fraction of sp³-hybridized carbons (Fsp3) is 0.154. The van der Waals surface area contributed by atoms with Gasteiger partial charge in [-0.25, -0.2) is 9.67 Å². The Hall–Kier alpha value is -2.63. The normalized spacial score (nSPS) is 11.0. The Labute approximate surface area is 108 Å². The van der Waals surface area contributed by atoms with Gasteiger partial charge in [0.25, 0.3) is 5.56 Å². The Balaban J connectivity index is 2.27. The molecule has 3 N–H and O–H groups in total. The van der Waals surface area contributed by atoms with Gasteiger partial charge in [-0.05, 0) is 18.2 Å². The van der Waals surface area contributed by atoms with Crippen LogP contribution in [0.4, 0.5) is 5.69 Å². The van der Waals surface area contributed by atoms with E-state index >= 15 is 0 Å². The van der Waals surface area contributed by atoms with Gasteiger partial charge in [0, 0.05) is 23.6 Å². The Morgan fingerprint density at radius 3 is 3.00 bits per heavy atom. The number of aryl methyl sites for hydroxylation is 1. The van der Waals surface area contributed by atoms with Gasteiger partial charge in [-0.1, -0.05) is 6.92 Å². The average Bonchev–Trinajstić information content (AvgIpc) is 2.80. The van der Waals surface area contributed by atoms with Crippen molar-refractivity contribution >= 4 is 16.6 Å². The summed E-state index contributed by atoms with van der Waals surface area (Å²) in [6.07, 6.45) is 2.38. The largest absolute Gasteiger partial charge is 0.399 e. The van der Waals surface area contributed by atoms with Gasteiger partial charge in [-0.15, -0.1) is 0 Å². The zero-order chi connectivity index (χ0) is 13.4. The minimum Gasteiger partial charge on any atom is -0.399 e. The fourth-order valence-corrected chi connectivity index (χ4v) is 1.99. The number of nitrogens with two attached hydrogens (primary N) is 1. The summed E-state index contributed by atoms with van der Waals surface area (Å²) in [7, 11) is 0. The molecule has 6 heteroatoms. The summed E-state index contributed by atoms with van der Waals surface area (Å²) in [6, 6.07) is 6.95. The van der Waals surface area contributed by atoms with Crippen molar-refractivity contribution in [1.29, 1.82) is 0 Å². The van der Waals surface area contributed by atoms with Crippen molar-refractivity contribution < 1.29 is 0 Å². The maximum atomic E-state index is 11.6. The van der Waals surface area contributed by atoms with Gasteiger partial charge in [0.2, 0.25) is 0 Å². The molecule has 0 spiro atoms. The number of anilines is 1. The minimum atomic E-state index is -0.186. The molecule has 3 aromatic rings. The highest BCUT2D eigenvalue weighted by molar-refractivity contribution is 5.83. The Morgan fingerprint density at radius 2 is 2.21 bits per heavy atom. The zero-order valence-corrected chi connectivity index (χ0v) is 10.4. The summed E-state index contributed by atoms with van der Waals surface area (Å²) in [5.41, 5.74) is 7.08. The maximum Gasteiger partial charge on any atom is 0.253 e. The van der Waals surface area contributed by atoms with E-state index in [4.69, 9.17) is 5.73 Å². The van der Waals surface area contributed by atoms with Crippen LogP contribution in [0.25, 0.3) is 16.7 Å². The third-order valence-electron chi connectivity index (χ3n) is 2.92. The van der Waals surface area contributed by atoms with Crippen molar-refractivity contribution in [3.8, 4) is 5.82 Å². The first-order valence-electron chi connectivity index (χ1n) is 6.01. The summed E-state index contributed by atoms with van der Waals surface area (Å²) in [5.74, 6) is 1.14. The number of aromatic nitrogens is 4. The summed E-state index contributed by atoms with van der Waals surface area (Å²) in [5, 5.41) is 5.22. The van der Waals surface area contributed by atoms with Crippen LogP contribution in [0.2, 0.25) is 0 Å². The molecule has 96 valence electrons. The van der Waals surface area contributed by atoms with Crippen LogP contribution in [0.5, 0.6) is 0 Å². The Morgan fingerprint density at radius 1 is 1.37 bits per heavy atom. The van der Waals surface area contributed by atoms with Crippen molar-refractivity contribution in [3.63, 3.8) is 0 Å². The van der Waals surface area contributed by atoms with Gasteiger partial charge in [-0.2, -0.15) is 5.10 Å². The SMILES string of the molecule is CCc1nc(-n2ncc3ccc(N)cc32)cc(=O)[nH]1. The fourth-order valence-electron chi connectivity index (χ4n) is 1.99. The number of hydrogen-bond acceptors (Lipinski definition) is 4. The van der Waals surface area contributed by atoms with E-state index in [1.807, 2.05) is 25.1 Å². The standard InChI is InChI=1S/C13H13N5O/c1-2-11-16-12(6-13(19)17-11)18-10-5-9(14)4-3-8(10)7-15-18/h3-7H,2,14H2,1H3,(H,16,17,19). The van der Waals surface area contributed by atoms with Gasteiger partial charge >= 0.3 is 0 Å². The molecule has 0 fully saturated rings. The number of nitrogen functional groups attached to an aromatic ring is 1. The monoisotopic (exact) mass is 255 g/mol. The molecule has 0 atom stereocenters. The number of rotatable bonds is 2. The lowest BCUT2D eigenvalue weighted by atomic mass is 10.2.